The van der Waals surface area contributed by atoms with Crippen LogP contribution in [0.2, 0.25) is 5.02 Å². The van der Waals surface area contributed by atoms with Crippen molar-refractivity contribution in [2.24, 2.45) is 5.41 Å². The van der Waals surface area contributed by atoms with Crippen LogP contribution in [0.3, 0.4) is 0 Å². The molecule has 0 aromatic heterocycles. The molecule has 154 valence electrons. The molecule has 0 bridgehead atoms. The van der Waals surface area contributed by atoms with Gasteiger partial charge in [-0.05, 0) is 35.2 Å². The smallest absolute Gasteiger partial charge is 0.333 e. The summed E-state index contributed by atoms with van der Waals surface area (Å²) < 4.78 is 29.6. The van der Waals surface area contributed by atoms with E-state index in [1.54, 1.807) is 42.5 Å². The highest BCUT2D eigenvalue weighted by atomic mass is 79.9. The lowest BCUT2D eigenvalue weighted by atomic mass is 9.87. The van der Waals surface area contributed by atoms with Gasteiger partial charge in [-0.25, -0.2) is 13.2 Å². The lowest BCUT2D eigenvalue weighted by molar-refractivity contribution is -0.133. The van der Waals surface area contributed by atoms with Crippen LogP contribution in [0.15, 0.2) is 69.5 Å². The average molecular weight is 499 g/mol. The predicted molar refractivity (Wildman–Crippen MR) is 116 cm³/mol. The lowest BCUT2D eigenvalue weighted by Crippen LogP contribution is -2.45. The maximum absolute atomic E-state index is 13.7. The van der Waals surface area contributed by atoms with Crippen molar-refractivity contribution in [2.75, 3.05) is 0 Å². The van der Waals surface area contributed by atoms with Crippen LogP contribution in [0.4, 0.5) is 0 Å². The Morgan fingerprint density at radius 3 is 2.21 bits per heavy atom. The predicted octanol–water partition coefficient (Wildman–Crippen LogP) is 5.27. The Morgan fingerprint density at radius 2 is 1.69 bits per heavy atom. The quantitative estimate of drug-likeness (QED) is 0.623. The molecule has 2 aromatic rings. The Kier molecular flexibility index (Phi) is 5.98. The van der Waals surface area contributed by atoms with Crippen molar-refractivity contribution >= 4 is 43.5 Å². The van der Waals surface area contributed by atoms with Crippen molar-refractivity contribution in [1.82, 2.24) is 4.31 Å². The molecule has 1 N–H and O–H groups in total. The monoisotopic (exact) mass is 497 g/mol. The molecule has 29 heavy (non-hydrogen) atoms. The van der Waals surface area contributed by atoms with Gasteiger partial charge in [0.15, 0.2) is 0 Å². The number of aliphatic carboxylic acids is 1. The SMILES string of the molecule is CC(C)(C)[C@@H]1C=C(C(=O)O)[C@H](c2ccc(Br)cc2)N1S(=O)(=O)c1ccccc1Cl. The second-order valence-corrected chi connectivity index (χ2v) is 11.1. The first-order chi connectivity index (χ1) is 13.4. The number of sulfonamides is 1. The largest absolute Gasteiger partial charge is 0.478 e. The first kappa shape index (κ1) is 22.0. The number of carbonyl (C=O) groups is 1. The van der Waals surface area contributed by atoms with E-state index in [1.807, 2.05) is 20.8 Å². The third kappa shape index (κ3) is 4.14. The fraction of sp³-hybridized carbons (Fsp3) is 0.286. The summed E-state index contributed by atoms with van der Waals surface area (Å²) in [6, 6.07) is 11.6. The molecule has 5 nitrogen and oxygen atoms in total. The molecule has 0 amide bonds. The van der Waals surface area contributed by atoms with Crippen molar-refractivity contribution in [1.29, 1.82) is 0 Å². The second-order valence-electron chi connectivity index (χ2n) is 7.96. The lowest BCUT2D eigenvalue weighted by Gasteiger charge is -2.37. The Balaban J connectivity index is 2.27. The number of carboxylic acids is 1. The minimum Gasteiger partial charge on any atom is -0.478 e. The van der Waals surface area contributed by atoms with E-state index >= 15 is 0 Å². The van der Waals surface area contributed by atoms with Gasteiger partial charge < -0.3 is 5.11 Å². The van der Waals surface area contributed by atoms with Gasteiger partial charge in [0.2, 0.25) is 10.0 Å². The fourth-order valence-electron chi connectivity index (χ4n) is 3.48. The first-order valence-electron chi connectivity index (χ1n) is 8.93. The highest BCUT2D eigenvalue weighted by Crippen LogP contribution is 2.46. The van der Waals surface area contributed by atoms with Crippen LogP contribution in [0.25, 0.3) is 0 Å². The van der Waals surface area contributed by atoms with Crippen LogP contribution in [-0.2, 0) is 14.8 Å². The summed E-state index contributed by atoms with van der Waals surface area (Å²) in [5, 5.41) is 9.96. The van der Waals surface area contributed by atoms with E-state index in [-0.39, 0.29) is 15.5 Å². The molecular weight excluding hydrogens is 478 g/mol. The Labute approximate surface area is 184 Å². The van der Waals surface area contributed by atoms with Crippen LogP contribution in [0.5, 0.6) is 0 Å². The van der Waals surface area contributed by atoms with Gasteiger partial charge in [-0.2, -0.15) is 4.31 Å². The van der Waals surface area contributed by atoms with E-state index in [0.29, 0.717) is 5.56 Å². The molecule has 0 fully saturated rings. The fourth-order valence-corrected chi connectivity index (χ4v) is 6.15. The topological polar surface area (TPSA) is 74.7 Å². The van der Waals surface area contributed by atoms with Crippen LogP contribution in [0, 0.1) is 5.41 Å². The summed E-state index contributed by atoms with van der Waals surface area (Å²) >= 11 is 9.58. The van der Waals surface area contributed by atoms with Gasteiger partial charge in [0, 0.05) is 10.5 Å². The zero-order valence-electron chi connectivity index (χ0n) is 16.1. The highest BCUT2D eigenvalue weighted by molar-refractivity contribution is 9.10. The third-order valence-electron chi connectivity index (χ3n) is 4.87. The van der Waals surface area contributed by atoms with E-state index in [1.165, 1.54) is 16.4 Å². The van der Waals surface area contributed by atoms with E-state index in [4.69, 9.17) is 11.6 Å². The molecule has 2 atom stereocenters. The molecule has 0 spiro atoms. The van der Waals surface area contributed by atoms with Crippen molar-refractivity contribution in [3.8, 4) is 0 Å². The van der Waals surface area contributed by atoms with Crippen molar-refractivity contribution in [2.45, 2.75) is 37.8 Å². The Morgan fingerprint density at radius 1 is 1.10 bits per heavy atom. The summed E-state index contributed by atoms with van der Waals surface area (Å²) in [5.74, 6) is -1.15. The van der Waals surface area contributed by atoms with Crippen LogP contribution in [-0.4, -0.2) is 29.8 Å². The Bertz CT molecular complexity index is 1070. The minimum absolute atomic E-state index is 0.0304. The third-order valence-corrected chi connectivity index (χ3v) is 7.75. The molecule has 3 rings (SSSR count). The number of hydrogen-bond acceptors (Lipinski definition) is 3. The normalized spacial score (nSPS) is 20.5. The van der Waals surface area contributed by atoms with Gasteiger partial charge in [0.05, 0.1) is 16.6 Å². The number of carboxylic acid groups (broad SMARTS) is 1. The summed E-state index contributed by atoms with van der Waals surface area (Å²) in [6.07, 6.45) is 1.55. The van der Waals surface area contributed by atoms with Crippen molar-refractivity contribution < 1.29 is 18.3 Å². The van der Waals surface area contributed by atoms with Crippen molar-refractivity contribution in [3.63, 3.8) is 0 Å². The van der Waals surface area contributed by atoms with Crippen molar-refractivity contribution in [3.05, 3.63) is 75.2 Å². The molecule has 0 saturated heterocycles. The van der Waals surface area contributed by atoms with E-state index in [0.717, 1.165) is 4.47 Å². The van der Waals surface area contributed by atoms with Gasteiger partial charge in [-0.3, -0.25) is 0 Å². The van der Waals surface area contributed by atoms with E-state index < -0.39 is 33.5 Å². The van der Waals surface area contributed by atoms with E-state index in [2.05, 4.69) is 15.9 Å². The summed E-state index contributed by atoms with van der Waals surface area (Å²) in [7, 11) is -4.10. The van der Waals surface area contributed by atoms with Crippen LogP contribution in [0.1, 0.15) is 32.4 Å². The summed E-state index contributed by atoms with van der Waals surface area (Å²) in [6.45, 7) is 5.64. The number of hydrogen-bond donors (Lipinski definition) is 1. The van der Waals surface area contributed by atoms with Gasteiger partial charge in [0.1, 0.15) is 4.90 Å². The molecule has 0 unspecified atom stereocenters. The minimum atomic E-state index is -4.10. The summed E-state index contributed by atoms with van der Waals surface area (Å²) in [4.78, 5) is 12.0. The number of rotatable bonds is 4. The average Bonchev–Trinajstić information content (AvgIpc) is 3.04. The van der Waals surface area contributed by atoms with Gasteiger partial charge in [-0.15, -0.1) is 0 Å². The summed E-state index contributed by atoms with van der Waals surface area (Å²) in [5.41, 5.74) is 0.0613. The highest BCUT2D eigenvalue weighted by Gasteiger charge is 2.49. The Hall–Kier alpha value is -1.67. The number of nitrogens with zero attached hydrogens (tertiary/aromatic N) is 1. The standard InChI is InChI=1S/C21H21BrClNO4S/c1-21(2,3)18-12-15(20(25)26)19(13-8-10-14(22)11-9-13)24(18)29(27,28)17-7-5-4-6-16(17)23/h4-12,18-19H,1-3H3,(H,25,26)/t18-,19-/m0/s1. The maximum atomic E-state index is 13.7. The van der Waals surface area contributed by atoms with Crippen LogP contribution >= 0.6 is 27.5 Å². The molecule has 1 heterocycles. The molecule has 8 heteroatoms. The second kappa shape index (κ2) is 7.87. The van der Waals surface area contributed by atoms with Gasteiger partial charge in [0.25, 0.3) is 0 Å². The van der Waals surface area contributed by atoms with Crippen LogP contribution < -0.4 is 0 Å². The molecular formula is C21H21BrClNO4S. The number of halogens is 2. The first-order valence-corrected chi connectivity index (χ1v) is 11.5. The molecule has 0 aliphatic carbocycles. The zero-order valence-corrected chi connectivity index (χ0v) is 19.3. The molecule has 0 radical (unpaired) electrons. The zero-order chi connectivity index (χ0) is 21.6. The molecule has 1 aliphatic heterocycles. The van der Waals surface area contributed by atoms with Gasteiger partial charge >= 0.3 is 5.97 Å². The molecule has 1 aliphatic rings. The van der Waals surface area contributed by atoms with Gasteiger partial charge in [-0.1, -0.05) is 78.6 Å². The molecule has 2 aromatic carbocycles. The maximum Gasteiger partial charge on any atom is 0.333 e. The molecule has 0 saturated carbocycles. The van der Waals surface area contributed by atoms with E-state index in [9.17, 15) is 18.3 Å². The number of benzene rings is 2.